The van der Waals surface area contributed by atoms with Gasteiger partial charge in [0.25, 0.3) is 0 Å². The highest BCUT2D eigenvalue weighted by Gasteiger charge is 1.95. The lowest BCUT2D eigenvalue weighted by molar-refractivity contribution is -0.132. The minimum atomic E-state index is -0.934. The van der Waals surface area contributed by atoms with E-state index in [1.54, 1.807) is 6.08 Å². The zero-order valence-corrected chi connectivity index (χ0v) is 8.95. The predicted molar refractivity (Wildman–Crippen MR) is 60.6 cm³/mol. The number of hydrogen-bond acceptors (Lipinski definition) is 1. The van der Waals surface area contributed by atoms with Gasteiger partial charge in [-0.05, 0) is 30.5 Å². The second-order valence-corrected chi connectivity index (χ2v) is 3.31. The summed E-state index contributed by atoms with van der Waals surface area (Å²) >= 11 is 0. The molecule has 0 bridgehead atoms. The smallest absolute Gasteiger partial charge is 0.339 e. The molecule has 0 aromatic heterocycles. The van der Waals surface area contributed by atoms with Crippen LogP contribution in [-0.2, 0) is 11.2 Å². The van der Waals surface area contributed by atoms with E-state index in [-0.39, 0.29) is 5.57 Å². The number of carbonyl (C=O) groups is 1. The van der Waals surface area contributed by atoms with Crippen molar-refractivity contribution in [2.24, 2.45) is 0 Å². The van der Waals surface area contributed by atoms with Crippen molar-refractivity contribution in [1.82, 2.24) is 0 Å². The van der Waals surface area contributed by atoms with Gasteiger partial charge in [0.15, 0.2) is 0 Å². The maximum atomic E-state index is 10.5. The third-order valence-corrected chi connectivity index (χ3v) is 2.16. The molecule has 0 spiro atoms. The second-order valence-electron chi connectivity index (χ2n) is 3.31. The van der Waals surface area contributed by atoms with E-state index in [2.05, 4.69) is 12.7 Å². The minimum Gasteiger partial charge on any atom is -0.477 e. The average molecular weight is 202 g/mol. The molecule has 0 saturated heterocycles. The lowest BCUT2D eigenvalue weighted by atomic mass is 10.1. The number of carboxylic acids is 1. The van der Waals surface area contributed by atoms with Gasteiger partial charge < -0.3 is 5.11 Å². The van der Waals surface area contributed by atoms with Crippen LogP contribution in [0.5, 0.6) is 0 Å². The third kappa shape index (κ3) is 3.45. The number of benzene rings is 1. The molecule has 1 rings (SSSR count). The van der Waals surface area contributed by atoms with Gasteiger partial charge in [0.2, 0.25) is 0 Å². The van der Waals surface area contributed by atoms with Gasteiger partial charge in [0, 0.05) is 0 Å². The van der Waals surface area contributed by atoms with Crippen LogP contribution in [0.15, 0.2) is 35.6 Å². The van der Waals surface area contributed by atoms with Crippen LogP contribution in [-0.4, -0.2) is 11.1 Å². The molecule has 0 heterocycles. The molecule has 1 N–H and O–H groups in total. The molecule has 2 heteroatoms. The summed E-state index contributed by atoms with van der Waals surface area (Å²) in [5.41, 5.74) is 5.18. The summed E-state index contributed by atoms with van der Waals surface area (Å²) in [5.74, 6) is -0.934. The van der Waals surface area contributed by atoms with Gasteiger partial charge in [-0.2, -0.15) is 0 Å². The van der Waals surface area contributed by atoms with Crippen molar-refractivity contribution in [2.75, 3.05) is 0 Å². The van der Waals surface area contributed by atoms with Gasteiger partial charge in [0.1, 0.15) is 0 Å². The Hall–Kier alpha value is -1.79. The Labute approximate surface area is 89.6 Å². The van der Waals surface area contributed by atoms with Crippen LogP contribution in [0, 0.1) is 0 Å². The molecule has 0 fully saturated rings. The van der Waals surface area contributed by atoms with E-state index >= 15 is 0 Å². The Morgan fingerprint density at radius 1 is 1.40 bits per heavy atom. The standard InChI is InChI=1S/C13H14O2/c1-3-11-6-8-12(9-7-11)5-4-10(2)13(14)15/h5-9H,3H2,1-2H3,(H,14,15). The highest BCUT2D eigenvalue weighted by atomic mass is 16.4. The Balaban J connectivity index is 2.90. The van der Waals surface area contributed by atoms with Crippen molar-refractivity contribution < 1.29 is 9.90 Å². The van der Waals surface area contributed by atoms with Crippen LogP contribution in [0.25, 0.3) is 6.08 Å². The van der Waals surface area contributed by atoms with E-state index in [0.29, 0.717) is 0 Å². The van der Waals surface area contributed by atoms with E-state index in [1.165, 1.54) is 12.5 Å². The van der Waals surface area contributed by atoms with E-state index < -0.39 is 5.97 Å². The Morgan fingerprint density at radius 2 is 2.00 bits per heavy atom. The largest absolute Gasteiger partial charge is 0.477 e. The first kappa shape index (κ1) is 11.3. The van der Waals surface area contributed by atoms with Crippen LogP contribution >= 0.6 is 0 Å². The Morgan fingerprint density at radius 3 is 2.47 bits per heavy atom. The molecule has 0 aliphatic heterocycles. The maximum absolute atomic E-state index is 10.5. The van der Waals surface area contributed by atoms with Gasteiger partial charge in [-0.25, -0.2) is 4.79 Å². The molecular formula is C13H14O2. The lowest BCUT2D eigenvalue weighted by Crippen LogP contribution is -1.93. The van der Waals surface area contributed by atoms with Gasteiger partial charge in [-0.3, -0.25) is 0 Å². The fraction of sp³-hybridized carbons (Fsp3) is 0.231. The number of aliphatic carboxylic acids is 1. The maximum Gasteiger partial charge on any atom is 0.339 e. The summed E-state index contributed by atoms with van der Waals surface area (Å²) in [7, 11) is 0. The van der Waals surface area contributed by atoms with Crippen LogP contribution in [0.4, 0.5) is 0 Å². The van der Waals surface area contributed by atoms with E-state index in [0.717, 1.165) is 12.0 Å². The molecule has 0 aliphatic rings. The number of aryl methyl sites for hydroxylation is 1. The Kier molecular flexibility index (Phi) is 3.90. The quantitative estimate of drug-likeness (QED) is 0.604. The fourth-order valence-corrected chi connectivity index (χ4v) is 1.10. The first-order chi connectivity index (χ1) is 7.13. The normalized spacial score (nSPS) is 9.20. The summed E-state index contributed by atoms with van der Waals surface area (Å²) in [6.07, 6.45) is 2.69. The average Bonchev–Trinajstić information content (AvgIpc) is 2.26. The third-order valence-electron chi connectivity index (χ3n) is 2.16. The zero-order valence-electron chi connectivity index (χ0n) is 8.95. The van der Waals surface area contributed by atoms with Gasteiger partial charge in [-0.1, -0.05) is 31.2 Å². The first-order valence-electron chi connectivity index (χ1n) is 4.89. The van der Waals surface area contributed by atoms with E-state index in [1.807, 2.05) is 24.3 Å². The van der Waals surface area contributed by atoms with Crippen molar-refractivity contribution in [3.8, 4) is 0 Å². The summed E-state index contributed by atoms with van der Waals surface area (Å²) in [4.78, 5) is 10.5. The number of carboxylic acid groups (broad SMARTS) is 1. The Bertz CT molecular complexity index is 407. The number of hydrogen-bond donors (Lipinski definition) is 1. The van der Waals surface area contributed by atoms with E-state index in [4.69, 9.17) is 5.11 Å². The van der Waals surface area contributed by atoms with Crippen LogP contribution in [0.2, 0.25) is 0 Å². The van der Waals surface area contributed by atoms with Gasteiger partial charge in [0.05, 0.1) is 5.57 Å². The molecule has 2 nitrogen and oxygen atoms in total. The molecule has 15 heavy (non-hydrogen) atoms. The molecular weight excluding hydrogens is 188 g/mol. The van der Waals surface area contributed by atoms with Crippen molar-refractivity contribution in [1.29, 1.82) is 0 Å². The fourth-order valence-electron chi connectivity index (χ4n) is 1.10. The van der Waals surface area contributed by atoms with Crippen LogP contribution in [0.3, 0.4) is 0 Å². The molecule has 1 aromatic carbocycles. The van der Waals surface area contributed by atoms with Gasteiger partial charge >= 0.3 is 5.97 Å². The molecule has 0 radical (unpaired) electrons. The lowest BCUT2D eigenvalue weighted by Gasteiger charge is -1.95. The molecule has 0 aliphatic carbocycles. The molecule has 1 aromatic rings. The van der Waals surface area contributed by atoms with E-state index in [9.17, 15) is 4.79 Å². The molecule has 78 valence electrons. The highest BCUT2D eigenvalue weighted by molar-refractivity contribution is 5.86. The second kappa shape index (κ2) is 5.18. The topological polar surface area (TPSA) is 37.3 Å². The highest BCUT2D eigenvalue weighted by Crippen LogP contribution is 2.06. The van der Waals surface area contributed by atoms with Crippen molar-refractivity contribution in [3.63, 3.8) is 0 Å². The predicted octanol–water partition coefficient (Wildman–Crippen LogP) is 2.89. The van der Waals surface area contributed by atoms with Gasteiger partial charge in [-0.15, -0.1) is 5.73 Å². The zero-order chi connectivity index (χ0) is 11.3. The molecule has 0 amide bonds. The number of rotatable bonds is 3. The summed E-state index contributed by atoms with van der Waals surface area (Å²) in [5, 5.41) is 8.62. The van der Waals surface area contributed by atoms with Crippen molar-refractivity contribution in [2.45, 2.75) is 20.3 Å². The van der Waals surface area contributed by atoms with Crippen LogP contribution in [0.1, 0.15) is 25.0 Å². The summed E-state index contributed by atoms with van der Waals surface area (Å²) in [6.45, 7) is 3.62. The minimum absolute atomic E-state index is 0.217. The molecule has 0 atom stereocenters. The summed E-state index contributed by atoms with van der Waals surface area (Å²) in [6, 6.07) is 7.98. The monoisotopic (exact) mass is 202 g/mol. The summed E-state index contributed by atoms with van der Waals surface area (Å²) < 4.78 is 0. The first-order valence-corrected chi connectivity index (χ1v) is 4.89. The van der Waals surface area contributed by atoms with Crippen molar-refractivity contribution >= 4 is 12.0 Å². The molecule has 0 unspecified atom stereocenters. The molecule has 0 saturated carbocycles. The SMILES string of the molecule is CCc1ccc(C=C=C(C)C(=O)O)cc1. The van der Waals surface area contributed by atoms with Crippen molar-refractivity contribution in [3.05, 3.63) is 46.7 Å². The van der Waals surface area contributed by atoms with Crippen LogP contribution < -0.4 is 0 Å².